The van der Waals surface area contributed by atoms with Gasteiger partial charge >= 0.3 is 5.97 Å². The maximum absolute atomic E-state index is 11.9. The van der Waals surface area contributed by atoms with Gasteiger partial charge in [0, 0.05) is 11.9 Å². The first kappa shape index (κ1) is 19.1. The van der Waals surface area contributed by atoms with E-state index in [1.165, 1.54) is 29.4 Å². The Morgan fingerprint density at radius 1 is 1.19 bits per heavy atom. The number of carbonyl (C=O) groups is 2. The zero-order valence-corrected chi connectivity index (χ0v) is 16.1. The highest BCUT2D eigenvalue weighted by atomic mass is 32.2. The Balaban J connectivity index is 1.39. The van der Waals surface area contributed by atoms with Crippen LogP contribution in [0.15, 0.2) is 47.1 Å². The maximum atomic E-state index is 11.9. The standard InChI is InChI=1S/C18H17N3O4S2/c1-24-13-4-2-12(3-5-13)8-19-15(22)9-25-16(23)10-27-18-14-6-7-26-17(14)20-11-21-18/h2-7,11H,8-10H2,1H3,(H,19,22). The van der Waals surface area contributed by atoms with E-state index in [0.29, 0.717) is 6.54 Å². The Bertz CT molecular complexity index is 928. The molecule has 9 heteroatoms. The van der Waals surface area contributed by atoms with Gasteiger partial charge in [0.05, 0.1) is 12.9 Å². The van der Waals surface area contributed by atoms with E-state index < -0.39 is 5.97 Å². The number of carbonyl (C=O) groups excluding carboxylic acids is 2. The first-order valence-corrected chi connectivity index (χ1v) is 9.88. The molecule has 1 aromatic carbocycles. The summed E-state index contributed by atoms with van der Waals surface area (Å²) in [4.78, 5) is 32.9. The molecule has 0 aliphatic rings. The number of methoxy groups -OCH3 is 1. The molecule has 0 fully saturated rings. The normalized spacial score (nSPS) is 10.6. The van der Waals surface area contributed by atoms with E-state index in [9.17, 15) is 9.59 Å². The van der Waals surface area contributed by atoms with Gasteiger partial charge in [-0.3, -0.25) is 9.59 Å². The summed E-state index contributed by atoms with van der Waals surface area (Å²) >= 11 is 2.78. The fraction of sp³-hybridized carbons (Fsp3) is 0.222. The van der Waals surface area contributed by atoms with Gasteiger partial charge in [-0.25, -0.2) is 9.97 Å². The third-order valence-corrected chi connectivity index (χ3v) is 5.36. The van der Waals surface area contributed by atoms with Crippen molar-refractivity contribution in [3.05, 3.63) is 47.6 Å². The van der Waals surface area contributed by atoms with Crippen LogP contribution in [0.5, 0.6) is 5.75 Å². The molecule has 0 atom stereocenters. The fourth-order valence-corrected chi connectivity index (χ4v) is 3.77. The van der Waals surface area contributed by atoms with Crippen molar-refractivity contribution in [2.45, 2.75) is 11.6 Å². The van der Waals surface area contributed by atoms with Crippen molar-refractivity contribution in [3.8, 4) is 5.75 Å². The smallest absolute Gasteiger partial charge is 0.316 e. The SMILES string of the molecule is COc1ccc(CNC(=O)COC(=O)CSc2ncnc3sccc23)cc1. The van der Waals surface area contributed by atoms with Crippen LogP contribution in [0.3, 0.4) is 0 Å². The van der Waals surface area contributed by atoms with Crippen LogP contribution in [0.1, 0.15) is 5.56 Å². The largest absolute Gasteiger partial charge is 0.497 e. The lowest BCUT2D eigenvalue weighted by molar-refractivity contribution is -0.145. The van der Waals surface area contributed by atoms with Crippen molar-refractivity contribution in [1.29, 1.82) is 0 Å². The minimum atomic E-state index is -0.471. The van der Waals surface area contributed by atoms with Gasteiger partial charge < -0.3 is 14.8 Å². The zero-order valence-electron chi connectivity index (χ0n) is 14.5. The number of thiophene rings is 1. The Morgan fingerprint density at radius 2 is 2.00 bits per heavy atom. The minimum Gasteiger partial charge on any atom is -0.497 e. The highest BCUT2D eigenvalue weighted by Gasteiger charge is 2.11. The van der Waals surface area contributed by atoms with Gasteiger partial charge in [0.15, 0.2) is 6.61 Å². The van der Waals surface area contributed by atoms with E-state index in [2.05, 4.69) is 15.3 Å². The van der Waals surface area contributed by atoms with Gasteiger partial charge in [0.25, 0.3) is 5.91 Å². The van der Waals surface area contributed by atoms with Gasteiger partial charge in [0.2, 0.25) is 0 Å². The second-order valence-electron chi connectivity index (χ2n) is 5.39. The second kappa shape index (κ2) is 9.33. The van der Waals surface area contributed by atoms with Gasteiger partial charge in [-0.1, -0.05) is 23.9 Å². The molecule has 0 aliphatic heterocycles. The van der Waals surface area contributed by atoms with Gasteiger partial charge in [0.1, 0.15) is 21.9 Å². The summed E-state index contributed by atoms with van der Waals surface area (Å²) in [6, 6.07) is 9.26. The molecule has 1 N–H and O–H groups in total. The topological polar surface area (TPSA) is 90.4 Å². The first-order valence-electron chi connectivity index (χ1n) is 8.02. The molecule has 0 saturated heterocycles. The Labute approximate surface area is 164 Å². The van der Waals surface area contributed by atoms with Crippen molar-refractivity contribution >= 4 is 45.2 Å². The molecule has 0 saturated carbocycles. The van der Waals surface area contributed by atoms with Crippen LogP contribution in [-0.4, -0.2) is 41.3 Å². The van der Waals surface area contributed by atoms with Crippen LogP contribution in [0.4, 0.5) is 0 Å². The van der Waals surface area contributed by atoms with Gasteiger partial charge in [-0.15, -0.1) is 11.3 Å². The number of esters is 1. The lowest BCUT2D eigenvalue weighted by Gasteiger charge is -2.07. The highest BCUT2D eigenvalue weighted by molar-refractivity contribution is 8.00. The summed E-state index contributed by atoms with van der Waals surface area (Å²) in [5.41, 5.74) is 0.926. The van der Waals surface area contributed by atoms with E-state index in [4.69, 9.17) is 9.47 Å². The molecule has 27 heavy (non-hydrogen) atoms. The van der Waals surface area contributed by atoms with Gasteiger partial charge in [-0.2, -0.15) is 0 Å². The fourth-order valence-electron chi connectivity index (χ4n) is 2.19. The van der Waals surface area contributed by atoms with E-state index in [1.54, 1.807) is 7.11 Å². The third-order valence-electron chi connectivity index (χ3n) is 3.56. The number of benzene rings is 1. The zero-order chi connectivity index (χ0) is 19.1. The lowest BCUT2D eigenvalue weighted by atomic mass is 10.2. The molecule has 3 aromatic rings. The van der Waals surface area contributed by atoms with Crippen LogP contribution in [0.2, 0.25) is 0 Å². The molecular weight excluding hydrogens is 386 g/mol. The quantitative estimate of drug-likeness (QED) is 0.351. The summed E-state index contributed by atoms with van der Waals surface area (Å²) in [7, 11) is 1.59. The number of rotatable bonds is 8. The third kappa shape index (κ3) is 5.41. The predicted octanol–water partition coefficient (Wildman–Crippen LogP) is 2.65. The molecule has 0 unspecified atom stereocenters. The number of thioether (sulfide) groups is 1. The Morgan fingerprint density at radius 3 is 2.78 bits per heavy atom. The van der Waals surface area contributed by atoms with E-state index >= 15 is 0 Å². The number of fused-ring (bicyclic) bond motifs is 1. The van der Waals surface area contributed by atoms with Crippen LogP contribution in [0, 0.1) is 0 Å². The Kier molecular flexibility index (Phi) is 6.61. The van der Waals surface area contributed by atoms with E-state index in [1.807, 2.05) is 35.7 Å². The predicted molar refractivity (Wildman–Crippen MR) is 104 cm³/mol. The number of hydrogen-bond acceptors (Lipinski definition) is 8. The average molecular weight is 403 g/mol. The molecule has 0 radical (unpaired) electrons. The van der Waals surface area contributed by atoms with Crippen molar-refractivity contribution in [3.63, 3.8) is 0 Å². The van der Waals surface area contributed by atoms with Crippen LogP contribution in [-0.2, 0) is 20.9 Å². The minimum absolute atomic E-state index is 0.0771. The summed E-state index contributed by atoms with van der Waals surface area (Å²) in [5.74, 6) is 0.00112. The van der Waals surface area contributed by atoms with E-state index in [0.717, 1.165) is 26.6 Å². The second-order valence-corrected chi connectivity index (χ2v) is 7.25. The molecule has 0 bridgehead atoms. The number of ether oxygens (including phenoxy) is 2. The summed E-state index contributed by atoms with van der Waals surface area (Å²) in [6.45, 7) is 0.0411. The number of amides is 1. The molecule has 140 valence electrons. The van der Waals surface area contributed by atoms with Crippen molar-refractivity contribution in [2.24, 2.45) is 0 Å². The van der Waals surface area contributed by atoms with E-state index in [-0.39, 0.29) is 18.3 Å². The first-order chi connectivity index (χ1) is 13.2. The Hall–Kier alpha value is -2.65. The summed E-state index contributed by atoms with van der Waals surface area (Å²) in [5, 5.41) is 6.27. The van der Waals surface area contributed by atoms with Crippen LogP contribution >= 0.6 is 23.1 Å². The number of nitrogens with one attached hydrogen (secondary N) is 1. The maximum Gasteiger partial charge on any atom is 0.316 e. The van der Waals surface area contributed by atoms with Crippen molar-refractivity contribution in [1.82, 2.24) is 15.3 Å². The highest BCUT2D eigenvalue weighted by Crippen LogP contribution is 2.27. The molecule has 7 nitrogen and oxygen atoms in total. The molecule has 2 aromatic heterocycles. The molecule has 0 spiro atoms. The molecular formula is C18H17N3O4S2. The molecule has 0 aliphatic carbocycles. The molecule has 2 heterocycles. The number of hydrogen-bond donors (Lipinski definition) is 1. The average Bonchev–Trinajstić information content (AvgIpc) is 3.19. The molecule has 1 amide bonds. The lowest BCUT2D eigenvalue weighted by Crippen LogP contribution is -2.28. The summed E-state index contributed by atoms with van der Waals surface area (Å²) in [6.07, 6.45) is 1.47. The van der Waals surface area contributed by atoms with Crippen molar-refractivity contribution in [2.75, 3.05) is 19.5 Å². The van der Waals surface area contributed by atoms with Crippen molar-refractivity contribution < 1.29 is 19.1 Å². The van der Waals surface area contributed by atoms with Gasteiger partial charge in [-0.05, 0) is 29.1 Å². The molecule has 3 rings (SSSR count). The van der Waals surface area contributed by atoms with Crippen LogP contribution in [0.25, 0.3) is 10.2 Å². The van der Waals surface area contributed by atoms with Crippen LogP contribution < -0.4 is 10.1 Å². The number of aromatic nitrogens is 2. The summed E-state index contributed by atoms with van der Waals surface area (Å²) < 4.78 is 10.1. The number of nitrogens with zero attached hydrogens (tertiary/aromatic N) is 2. The monoisotopic (exact) mass is 403 g/mol.